The summed E-state index contributed by atoms with van der Waals surface area (Å²) in [5, 5.41) is 0. The SMILES string of the molecule is CCCCCCC(CCC)NNC(=O)c1c(C)nc2c(OCc3c(F)cccc3F)cc(C)cn12. The lowest BCUT2D eigenvalue weighted by atomic mass is 10.0. The number of hydrazine groups is 1. The second-order valence-corrected chi connectivity index (χ2v) is 9.04. The Bertz CT molecular complexity index is 1130. The van der Waals surface area contributed by atoms with Gasteiger partial charge in [-0.15, -0.1) is 0 Å². The predicted molar refractivity (Wildman–Crippen MR) is 133 cm³/mol. The first-order valence-corrected chi connectivity index (χ1v) is 12.5. The molecule has 0 saturated carbocycles. The number of fused-ring (bicyclic) bond motifs is 1. The molecule has 35 heavy (non-hydrogen) atoms. The molecule has 8 heteroatoms. The molecule has 0 radical (unpaired) electrons. The van der Waals surface area contributed by atoms with E-state index in [1.54, 1.807) is 23.6 Å². The van der Waals surface area contributed by atoms with Gasteiger partial charge in [-0.25, -0.2) is 19.2 Å². The van der Waals surface area contributed by atoms with E-state index in [2.05, 4.69) is 29.7 Å². The van der Waals surface area contributed by atoms with Crippen LogP contribution in [0.3, 0.4) is 0 Å². The van der Waals surface area contributed by atoms with E-state index in [0.717, 1.165) is 31.2 Å². The number of pyridine rings is 1. The van der Waals surface area contributed by atoms with Crippen LogP contribution in [0.4, 0.5) is 8.78 Å². The number of amides is 1. The number of imidazole rings is 1. The van der Waals surface area contributed by atoms with Crippen molar-refractivity contribution >= 4 is 11.6 Å². The Balaban J connectivity index is 1.77. The molecule has 2 aromatic heterocycles. The van der Waals surface area contributed by atoms with Gasteiger partial charge in [-0.3, -0.25) is 14.6 Å². The summed E-state index contributed by atoms with van der Waals surface area (Å²) in [6.45, 7) is 7.65. The van der Waals surface area contributed by atoms with Gasteiger partial charge in [0, 0.05) is 12.2 Å². The van der Waals surface area contributed by atoms with Gasteiger partial charge in [-0.05, 0) is 50.5 Å². The number of rotatable bonds is 13. The fourth-order valence-corrected chi connectivity index (χ4v) is 4.24. The highest BCUT2D eigenvalue weighted by Gasteiger charge is 2.21. The van der Waals surface area contributed by atoms with Gasteiger partial charge in [-0.2, -0.15) is 0 Å². The zero-order valence-corrected chi connectivity index (χ0v) is 21.1. The summed E-state index contributed by atoms with van der Waals surface area (Å²) in [5.74, 6) is -1.28. The van der Waals surface area contributed by atoms with Crippen LogP contribution < -0.4 is 15.6 Å². The maximum atomic E-state index is 14.0. The minimum Gasteiger partial charge on any atom is -0.485 e. The third-order valence-electron chi connectivity index (χ3n) is 6.08. The molecule has 1 atom stereocenters. The quantitative estimate of drug-likeness (QED) is 0.224. The van der Waals surface area contributed by atoms with Gasteiger partial charge in [0.1, 0.15) is 23.9 Å². The molecule has 1 aromatic carbocycles. The Kier molecular flexibility index (Phi) is 9.60. The van der Waals surface area contributed by atoms with Crippen LogP contribution in [0, 0.1) is 25.5 Å². The molecule has 3 aromatic rings. The number of unbranched alkanes of at least 4 members (excludes halogenated alkanes) is 3. The molecule has 2 heterocycles. The van der Waals surface area contributed by atoms with E-state index in [1.165, 1.54) is 37.5 Å². The molecule has 2 N–H and O–H groups in total. The molecule has 0 bridgehead atoms. The largest absolute Gasteiger partial charge is 0.485 e. The number of aryl methyl sites for hydroxylation is 2. The van der Waals surface area contributed by atoms with Gasteiger partial charge in [-0.1, -0.05) is 52.0 Å². The van der Waals surface area contributed by atoms with E-state index in [-0.39, 0.29) is 24.1 Å². The van der Waals surface area contributed by atoms with Crippen LogP contribution in [0.15, 0.2) is 30.5 Å². The predicted octanol–water partition coefficient (Wildman–Crippen LogP) is 6.18. The summed E-state index contributed by atoms with van der Waals surface area (Å²) in [5.41, 5.74) is 8.08. The fraction of sp³-hybridized carbons (Fsp3) is 0.481. The Morgan fingerprint density at radius 2 is 1.83 bits per heavy atom. The first kappa shape index (κ1) is 26.6. The van der Waals surface area contributed by atoms with Crippen molar-refractivity contribution in [3.8, 4) is 5.75 Å². The number of halogens is 2. The molecule has 6 nitrogen and oxygen atoms in total. The summed E-state index contributed by atoms with van der Waals surface area (Å²) in [6, 6.07) is 5.65. The first-order chi connectivity index (χ1) is 16.8. The maximum Gasteiger partial charge on any atom is 0.284 e. The van der Waals surface area contributed by atoms with Gasteiger partial charge in [0.05, 0.1) is 11.3 Å². The third kappa shape index (κ3) is 6.78. The van der Waals surface area contributed by atoms with E-state index in [9.17, 15) is 13.6 Å². The van der Waals surface area contributed by atoms with Crippen LogP contribution in [0.2, 0.25) is 0 Å². The van der Waals surface area contributed by atoms with E-state index >= 15 is 0 Å². The second kappa shape index (κ2) is 12.6. The minimum atomic E-state index is -0.671. The van der Waals surface area contributed by atoms with Crippen molar-refractivity contribution in [1.82, 2.24) is 20.2 Å². The lowest BCUT2D eigenvalue weighted by molar-refractivity contribution is 0.0915. The Labute approximate surface area is 206 Å². The van der Waals surface area contributed by atoms with E-state index < -0.39 is 11.6 Å². The van der Waals surface area contributed by atoms with Crippen LogP contribution in [-0.2, 0) is 6.61 Å². The van der Waals surface area contributed by atoms with E-state index in [4.69, 9.17) is 4.74 Å². The van der Waals surface area contributed by atoms with Crippen molar-refractivity contribution in [2.45, 2.75) is 85.3 Å². The van der Waals surface area contributed by atoms with Crippen LogP contribution >= 0.6 is 0 Å². The molecule has 0 spiro atoms. The third-order valence-corrected chi connectivity index (χ3v) is 6.08. The number of hydrogen-bond acceptors (Lipinski definition) is 4. The zero-order valence-electron chi connectivity index (χ0n) is 21.1. The summed E-state index contributed by atoms with van der Waals surface area (Å²) >= 11 is 0. The molecular weight excluding hydrogens is 450 g/mol. The molecule has 0 saturated heterocycles. The lowest BCUT2D eigenvalue weighted by Gasteiger charge is -2.19. The number of ether oxygens (including phenoxy) is 1. The molecule has 0 aliphatic heterocycles. The van der Waals surface area contributed by atoms with Gasteiger partial charge < -0.3 is 4.74 Å². The summed E-state index contributed by atoms with van der Waals surface area (Å²) < 4.78 is 35.5. The fourth-order valence-electron chi connectivity index (χ4n) is 4.24. The summed E-state index contributed by atoms with van der Waals surface area (Å²) in [7, 11) is 0. The minimum absolute atomic E-state index is 0.154. The average Bonchev–Trinajstić information content (AvgIpc) is 3.15. The van der Waals surface area contributed by atoms with E-state index in [0.29, 0.717) is 22.8 Å². The van der Waals surface area contributed by atoms with Crippen molar-refractivity contribution in [1.29, 1.82) is 0 Å². The number of nitrogens with zero attached hydrogens (tertiary/aromatic N) is 2. The topological polar surface area (TPSA) is 67.7 Å². The van der Waals surface area contributed by atoms with Crippen LogP contribution in [-0.4, -0.2) is 21.3 Å². The van der Waals surface area contributed by atoms with Crippen molar-refractivity contribution in [2.24, 2.45) is 0 Å². The van der Waals surface area contributed by atoms with Crippen molar-refractivity contribution in [3.63, 3.8) is 0 Å². The van der Waals surface area contributed by atoms with Gasteiger partial charge in [0.2, 0.25) is 0 Å². The number of carbonyl (C=O) groups is 1. The monoisotopic (exact) mass is 486 g/mol. The highest BCUT2D eigenvalue weighted by Crippen LogP contribution is 2.26. The van der Waals surface area contributed by atoms with Gasteiger partial charge >= 0.3 is 0 Å². The highest BCUT2D eigenvalue weighted by atomic mass is 19.1. The van der Waals surface area contributed by atoms with Crippen LogP contribution in [0.1, 0.15) is 86.1 Å². The molecule has 0 aliphatic carbocycles. The van der Waals surface area contributed by atoms with Crippen molar-refractivity contribution in [3.05, 3.63) is 64.6 Å². The maximum absolute atomic E-state index is 14.0. The highest BCUT2D eigenvalue weighted by molar-refractivity contribution is 5.94. The van der Waals surface area contributed by atoms with Gasteiger partial charge in [0.15, 0.2) is 11.4 Å². The lowest BCUT2D eigenvalue weighted by Crippen LogP contribution is -2.44. The number of benzene rings is 1. The van der Waals surface area contributed by atoms with Gasteiger partial charge in [0.25, 0.3) is 5.91 Å². The first-order valence-electron chi connectivity index (χ1n) is 12.5. The molecule has 3 rings (SSSR count). The van der Waals surface area contributed by atoms with Crippen molar-refractivity contribution in [2.75, 3.05) is 0 Å². The Morgan fingerprint density at radius 1 is 1.09 bits per heavy atom. The molecular formula is C27H36F2N4O2. The zero-order chi connectivity index (χ0) is 25.4. The Morgan fingerprint density at radius 3 is 2.51 bits per heavy atom. The average molecular weight is 487 g/mol. The second-order valence-electron chi connectivity index (χ2n) is 9.04. The standard InChI is InChI=1S/C27H36F2N4O2/c1-5-7-8-9-12-20(11-6-2)31-32-27(34)25-19(4)30-26-24(15-18(3)16-33(25)26)35-17-21-22(28)13-10-14-23(21)29/h10,13-16,20,31H,5-9,11-12,17H2,1-4H3,(H,32,34). The van der Waals surface area contributed by atoms with Crippen LogP contribution in [0.25, 0.3) is 5.65 Å². The summed E-state index contributed by atoms with van der Waals surface area (Å²) in [4.78, 5) is 17.7. The number of aromatic nitrogens is 2. The van der Waals surface area contributed by atoms with Crippen LogP contribution in [0.5, 0.6) is 5.75 Å². The molecule has 1 amide bonds. The smallest absolute Gasteiger partial charge is 0.284 e. The number of carbonyl (C=O) groups excluding carboxylic acids is 1. The summed E-state index contributed by atoms with van der Waals surface area (Å²) in [6.07, 6.45) is 9.53. The molecule has 190 valence electrons. The Hall–Kier alpha value is -3.00. The normalized spacial score (nSPS) is 12.2. The van der Waals surface area contributed by atoms with E-state index in [1.807, 2.05) is 6.92 Å². The molecule has 0 fully saturated rings. The number of nitrogens with one attached hydrogen (secondary N) is 2. The van der Waals surface area contributed by atoms with Crippen molar-refractivity contribution < 1.29 is 18.3 Å². The molecule has 1 unspecified atom stereocenters. The molecule has 0 aliphatic rings. The number of hydrogen-bond donors (Lipinski definition) is 2.